The first kappa shape index (κ1) is 19.5. The van der Waals surface area contributed by atoms with E-state index in [4.69, 9.17) is 4.74 Å². The molecule has 1 atom stereocenters. The molecular weight excluding hydrogens is 358 g/mol. The largest absolute Gasteiger partial charge is 0.456 e. The zero-order chi connectivity index (χ0) is 19.0. The second-order valence-corrected chi connectivity index (χ2v) is 7.07. The van der Waals surface area contributed by atoms with Crippen molar-refractivity contribution in [1.82, 2.24) is 15.0 Å². The third-order valence-electron chi connectivity index (χ3n) is 3.51. The van der Waals surface area contributed by atoms with Gasteiger partial charge in [-0.25, -0.2) is 13.1 Å². The summed E-state index contributed by atoms with van der Waals surface area (Å²) < 4.78 is 32.3. The molecule has 0 fully saturated rings. The van der Waals surface area contributed by atoms with E-state index in [-0.39, 0.29) is 4.90 Å². The van der Waals surface area contributed by atoms with Crippen molar-refractivity contribution in [1.29, 1.82) is 0 Å². The summed E-state index contributed by atoms with van der Waals surface area (Å²) in [7, 11) is -3.86. The second kappa shape index (κ2) is 9.07. The van der Waals surface area contributed by atoms with Gasteiger partial charge in [0.05, 0.1) is 23.7 Å². The first-order chi connectivity index (χ1) is 12.5. The van der Waals surface area contributed by atoms with Gasteiger partial charge in [-0.15, -0.1) is 0 Å². The number of ether oxygens (including phenoxy) is 1. The minimum atomic E-state index is -3.86. The highest BCUT2D eigenvalue weighted by atomic mass is 32.2. The lowest BCUT2D eigenvalue weighted by molar-refractivity contribution is -0.122. The molecule has 2 aromatic rings. The maximum atomic E-state index is 12.3. The van der Waals surface area contributed by atoms with E-state index in [0.29, 0.717) is 24.3 Å². The maximum absolute atomic E-state index is 12.3. The number of benzene rings is 1. The predicted molar refractivity (Wildman–Crippen MR) is 94.2 cm³/mol. The molecule has 26 heavy (non-hydrogen) atoms. The van der Waals surface area contributed by atoms with E-state index in [9.17, 15) is 18.0 Å². The molecule has 0 aliphatic rings. The minimum Gasteiger partial charge on any atom is -0.456 e. The number of rotatable bonds is 10. The zero-order valence-electron chi connectivity index (χ0n) is 14.1. The van der Waals surface area contributed by atoms with Crippen LogP contribution < -0.4 is 14.8 Å². The summed E-state index contributed by atoms with van der Waals surface area (Å²) in [5, 5.41) is 2.35. The van der Waals surface area contributed by atoms with E-state index in [2.05, 4.69) is 15.0 Å². The normalized spacial score (nSPS) is 12.2. The quantitative estimate of drug-likeness (QED) is 0.602. The molecule has 0 aliphatic carbocycles. The molecule has 1 amide bonds. The van der Waals surface area contributed by atoms with Crippen LogP contribution in [-0.4, -0.2) is 38.2 Å². The number of pyridine rings is 1. The lowest BCUT2D eigenvalue weighted by atomic mass is 10.1. The Balaban J connectivity index is 2.00. The number of carbonyl (C=O) groups is 2. The van der Waals surface area contributed by atoms with Crippen LogP contribution in [0.2, 0.25) is 0 Å². The number of hydrogen-bond acceptors (Lipinski definition) is 6. The van der Waals surface area contributed by atoms with E-state index in [1.807, 2.05) is 0 Å². The average molecular weight is 377 g/mol. The fourth-order valence-corrected chi connectivity index (χ4v) is 3.12. The minimum absolute atomic E-state index is 0.000215. The molecule has 1 aromatic carbocycles. The number of ketones is 1. The highest BCUT2D eigenvalue weighted by Crippen LogP contribution is 2.21. The molecule has 1 aromatic heterocycles. The predicted octanol–water partition coefficient (Wildman–Crippen LogP) is 1.25. The van der Waals surface area contributed by atoms with Gasteiger partial charge in [-0.05, 0) is 42.8 Å². The van der Waals surface area contributed by atoms with Gasteiger partial charge < -0.3 is 10.1 Å². The van der Waals surface area contributed by atoms with E-state index in [0.717, 1.165) is 0 Å². The topological polar surface area (TPSA) is 114 Å². The molecule has 9 heteroatoms. The van der Waals surface area contributed by atoms with Gasteiger partial charge in [0.15, 0.2) is 5.78 Å². The smallest absolute Gasteiger partial charge is 0.240 e. The lowest BCUT2D eigenvalue weighted by Crippen LogP contribution is -2.42. The summed E-state index contributed by atoms with van der Waals surface area (Å²) in [5.74, 6) is 0.564. The fourth-order valence-electron chi connectivity index (χ4n) is 2.12. The number of aromatic nitrogens is 1. The van der Waals surface area contributed by atoms with Crippen LogP contribution in [0.1, 0.15) is 13.3 Å². The monoisotopic (exact) mass is 377 g/mol. The van der Waals surface area contributed by atoms with Crippen LogP contribution in [0.3, 0.4) is 0 Å². The van der Waals surface area contributed by atoms with Gasteiger partial charge in [0.25, 0.3) is 0 Å². The Hall–Kier alpha value is -2.78. The standard InChI is InChI=1S/C17H19N3O5S/c1-2-16(19-12-21)17(22)11-20-26(23,24)15-7-5-13(6-8-15)25-14-4-3-9-18-10-14/h3-10,12,16,20H,2,11H2,1H3,(H,19,21)/t16-/m0/s1. The molecule has 2 N–H and O–H groups in total. The summed E-state index contributed by atoms with van der Waals surface area (Å²) in [4.78, 5) is 26.3. The Bertz CT molecular complexity index is 838. The van der Waals surface area contributed by atoms with E-state index in [1.54, 1.807) is 25.3 Å². The molecule has 0 radical (unpaired) electrons. The summed E-state index contributed by atoms with van der Waals surface area (Å²) in [6, 6.07) is 8.49. The molecule has 0 aliphatic heterocycles. The molecule has 1 heterocycles. The van der Waals surface area contributed by atoms with Gasteiger partial charge in [-0.3, -0.25) is 14.6 Å². The summed E-state index contributed by atoms with van der Waals surface area (Å²) in [6.45, 7) is 1.31. The van der Waals surface area contributed by atoms with Crippen molar-refractivity contribution < 1.29 is 22.7 Å². The third kappa shape index (κ3) is 5.36. The van der Waals surface area contributed by atoms with Crippen molar-refractivity contribution in [2.45, 2.75) is 24.3 Å². The van der Waals surface area contributed by atoms with Gasteiger partial charge in [0, 0.05) is 6.20 Å². The molecule has 0 saturated heterocycles. The molecule has 0 saturated carbocycles. The van der Waals surface area contributed by atoms with Crippen LogP contribution >= 0.6 is 0 Å². The Morgan fingerprint density at radius 2 is 1.96 bits per heavy atom. The van der Waals surface area contributed by atoms with Crippen LogP contribution in [-0.2, 0) is 19.6 Å². The molecule has 0 bridgehead atoms. The highest BCUT2D eigenvalue weighted by Gasteiger charge is 2.20. The molecule has 138 valence electrons. The van der Waals surface area contributed by atoms with E-state index in [1.165, 1.54) is 30.5 Å². The van der Waals surface area contributed by atoms with Crippen molar-refractivity contribution in [2.24, 2.45) is 0 Å². The Morgan fingerprint density at radius 3 is 2.54 bits per heavy atom. The van der Waals surface area contributed by atoms with Crippen molar-refractivity contribution in [3.05, 3.63) is 48.8 Å². The van der Waals surface area contributed by atoms with Crippen molar-refractivity contribution >= 4 is 22.2 Å². The van der Waals surface area contributed by atoms with E-state index >= 15 is 0 Å². The molecule has 2 rings (SSSR count). The van der Waals surface area contributed by atoms with Crippen molar-refractivity contribution in [3.8, 4) is 11.5 Å². The molecular formula is C17H19N3O5S. The van der Waals surface area contributed by atoms with Crippen molar-refractivity contribution in [2.75, 3.05) is 6.54 Å². The zero-order valence-corrected chi connectivity index (χ0v) is 14.9. The highest BCUT2D eigenvalue weighted by molar-refractivity contribution is 7.89. The molecule has 0 spiro atoms. The SMILES string of the molecule is CC[C@H](NC=O)C(=O)CNS(=O)(=O)c1ccc(Oc2cccnc2)cc1. The van der Waals surface area contributed by atoms with Gasteiger partial charge in [0.2, 0.25) is 16.4 Å². The number of Topliss-reactive ketones (excluding diaryl/α,β-unsaturated/α-hetero) is 1. The average Bonchev–Trinajstić information content (AvgIpc) is 2.65. The van der Waals surface area contributed by atoms with Crippen LogP contribution in [0.15, 0.2) is 53.7 Å². The second-order valence-electron chi connectivity index (χ2n) is 5.30. The van der Waals surface area contributed by atoms with Crippen LogP contribution in [0, 0.1) is 0 Å². The molecule has 8 nitrogen and oxygen atoms in total. The summed E-state index contributed by atoms with van der Waals surface area (Å²) in [5.41, 5.74) is 0. The Kier molecular flexibility index (Phi) is 6.81. The lowest BCUT2D eigenvalue weighted by Gasteiger charge is -2.13. The van der Waals surface area contributed by atoms with E-state index < -0.39 is 28.4 Å². The van der Waals surface area contributed by atoms with Crippen molar-refractivity contribution in [3.63, 3.8) is 0 Å². The first-order valence-corrected chi connectivity index (χ1v) is 9.34. The van der Waals surface area contributed by atoms with Crippen LogP contribution in [0.5, 0.6) is 11.5 Å². The van der Waals surface area contributed by atoms with Crippen LogP contribution in [0.25, 0.3) is 0 Å². The first-order valence-electron chi connectivity index (χ1n) is 7.86. The number of hydrogen-bond donors (Lipinski definition) is 2. The van der Waals surface area contributed by atoms with Gasteiger partial charge in [0.1, 0.15) is 11.5 Å². The summed E-state index contributed by atoms with van der Waals surface area (Å²) >= 11 is 0. The number of amides is 1. The third-order valence-corrected chi connectivity index (χ3v) is 4.92. The van der Waals surface area contributed by atoms with Gasteiger partial charge >= 0.3 is 0 Å². The maximum Gasteiger partial charge on any atom is 0.240 e. The van der Waals surface area contributed by atoms with Gasteiger partial charge in [-0.1, -0.05) is 6.92 Å². The Morgan fingerprint density at radius 1 is 1.23 bits per heavy atom. The molecule has 0 unspecified atom stereocenters. The number of nitrogens with one attached hydrogen (secondary N) is 2. The Labute approximate surface area is 151 Å². The number of sulfonamides is 1. The fraction of sp³-hybridized carbons (Fsp3) is 0.235. The number of carbonyl (C=O) groups excluding carboxylic acids is 2. The summed E-state index contributed by atoms with van der Waals surface area (Å²) in [6.07, 6.45) is 3.94. The van der Waals surface area contributed by atoms with Gasteiger partial charge in [-0.2, -0.15) is 0 Å². The van der Waals surface area contributed by atoms with Crippen LogP contribution in [0.4, 0.5) is 0 Å². The number of nitrogens with zero attached hydrogens (tertiary/aromatic N) is 1.